The van der Waals surface area contributed by atoms with Crippen LogP contribution in [0, 0.1) is 0 Å². The second-order valence-corrected chi connectivity index (χ2v) is 3.94. The molecule has 0 aromatic rings. The minimum atomic E-state index is -3.05. The molecule has 0 heterocycles. The van der Waals surface area contributed by atoms with Crippen molar-refractivity contribution in [3.05, 3.63) is 0 Å². The van der Waals surface area contributed by atoms with Crippen LogP contribution in [0.2, 0.25) is 0 Å². The van der Waals surface area contributed by atoms with Crippen molar-refractivity contribution in [2.45, 2.75) is 0 Å². The lowest BCUT2D eigenvalue weighted by Crippen LogP contribution is -2.02. The SMILES string of the molecule is CP(=O)(OCCO)OCCO. The molecule has 0 aliphatic rings. The van der Waals surface area contributed by atoms with Crippen LogP contribution in [0.25, 0.3) is 0 Å². The van der Waals surface area contributed by atoms with E-state index >= 15 is 0 Å². The smallest absolute Gasteiger partial charge is 0.327 e. The normalized spacial score (nSPS) is 11.9. The number of hydrogen-bond donors (Lipinski definition) is 2. The Morgan fingerprint density at radius 1 is 1.18 bits per heavy atom. The van der Waals surface area contributed by atoms with Crippen molar-refractivity contribution in [2.24, 2.45) is 0 Å². The van der Waals surface area contributed by atoms with E-state index in [1.54, 1.807) is 0 Å². The Morgan fingerprint density at radius 3 is 1.82 bits per heavy atom. The van der Waals surface area contributed by atoms with Gasteiger partial charge in [-0.25, -0.2) is 0 Å². The Kier molecular flexibility index (Phi) is 5.72. The van der Waals surface area contributed by atoms with Crippen molar-refractivity contribution < 1.29 is 23.8 Å². The van der Waals surface area contributed by atoms with Crippen LogP contribution in [0.4, 0.5) is 0 Å². The van der Waals surface area contributed by atoms with E-state index < -0.39 is 7.60 Å². The van der Waals surface area contributed by atoms with Gasteiger partial charge in [0.25, 0.3) is 0 Å². The Hall–Kier alpha value is 0.0700. The maximum atomic E-state index is 11.1. The average Bonchev–Trinajstić information content (AvgIpc) is 1.97. The Balaban J connectivity index is 3.53. The van der Waals surface area contributed by atoms with Gasteiger partial charge in [-0.2, -0.15) is 0 Å². The van der Waals surface area contributed by atoms with Crippen LogP contribution in [0.3, 0.4) is 0 Å². The molecule has 0 aliphatic heterocycles. The van der Waals surface area contributed by atoms with Crippen LogP contribution in [-0.2, 0) is 13.6 Å². The highest BCUT2D eigenvalue weighted by Crippen LogP contribution is 2.43. The number of rotatable bonds is 6. The molecule has 68 valence electrons. The zero-order valence-corrected chi connectivity index (χ0v) is 7.29. The minimum absolute atomic E-state index is 0.0147. The van der Waals surface area contributed by atoms with E-state index in [1.165, 1.54) is 6.66 Å². The van der Waals surface area contributed by atoms with Gasteiger partial charge >= 0.3 is 7.60 Å². The summed E-state index contributed by atoms with van der Waals surface area (Å²) in [6, 6.07) is 0. The summed E-state index contributed by atoms with van der Waals surface area (Å²) >= 11 is 0. The fourth-order valence-electron chi connectivity index (χ4n) is 0.451. The second-order valence-electron chi connectivity index (χ2n) is 1.88. The van der Waals surface area contributed by atoms with Crippen LogP contribution in [0.5, 0.6) is 0 Å². The fourth-order valence-corrected chi connectivity index (χ4v) is 1.35. The van der Waals surface area contributed by atoms with Crippen molar-refractivity contribution in [2.75, 3.05) is 33.1 Å². The maximum absolute atomic E-state index is 11.1. The van der Waals surface area contributed by atoms with Crippen LogP contribution >= 0.6 is 7.60 Å². The zero-order chi connectivity index (χ0) is 8.74. The van der Waals surface area contributed by atoms with Crippen molar-refractivity contribution in [3.63, 3.8) is 0 Å². The molecular formula is C5H13O5P. The third-order valence-corrected chi connectivity index (χ3v) is 2.14. The lowest BCUT2D eigenvalue weighted by Gasteiger charge is -2.11. The molecule has 0 aromatic carbocycles. The second kappa shape index (κ2) is 5.69. The van der Waals surface area contributed by atoms with Gasteiger partial charge in [0.15, 0.2) is 0 Å². The first-order valence-electron chi connectivity index (χ1n) is 3.20. The third kappa shape index (κ3) is 6.47. The molecule has 0 saturated carbocycles. The highest BCUT2D eigenvalue weighted by Gasteiger charge is 2.15. The molecule has 0 bridgehead atoms. The predicted molar refractivity (Wildman–Crippen MR) is 39.6 cm³/mol. The van der Waals surface area contributed by atoms with E-state index in [1.807, 2.05) is 0 Å². The molecule has 0 radical (unpaired) electrons. The van der Waals surface area contributed by atoms with Gasteiger partial charge in [-0.1, -0.05) is 0 Å². The fraction of sp³-hybridized carbons (Fsp3) is 1.00. The summed E-state index contributed by atoms with van der Waals surface area (Å²) in [5.74, 6) is 0. The molecule has 5 nitrogen and oxygen atoms in total. The molecule has 0 unspecified atom stereocenters. The van der Waals surface area contributed by atoms with Gasteiger partial charge in [0.1, 0.15) is 0 Å². The highest BCUT2D eigenvalue weighted by atomic mass is 31.2. The van der Waals surface area contributed by atoms with E-state index in [4.69, 9.17) is 10.2 Å². The van der Waals surface area contributed by atoms with Crippen molar-refractivity contribution in [3.8, 4) is 0 Å². The molecular weight excluding hydrogens is 171 g/mol. The van der Waals surface area contributed by atoms with Gasteiger partial charge < -0.3 is 19.3 Å². The summed E-state index contributed by atoms with van der Waals surface area (Å²) in [7, 11) is -3.05. The summed E-state index contributed by atoms with van der Waals surface area (Å²) in [6.07, 6.45) is 0. The molecule has 0 rings (SSSR count). The maximum Gasteiger partial charge on any atom is 0.327 e. The van der Waals surface area contributed by atoms with Gasteiger partial charge in [-0.3, -0.25) is 4.57 Å². The standard InChI is InChI=1S/C5H13O5P/c1-11(8,9-4-2-6)10-5-3-7/h6-7H,2-5H2,1H3. The average molecular weight is 184 g/mol. The predicted octanol–water partition coefficient (Wildman–Crippen LogP) is -0.173. The van der Waals surface area contributed by atoms with E-state index in [-0.39, 0.29) is 26.4 Å². The van der Waals surface area contributed by atoms with Gasteiger partial charge in [0, 0.05) is 6.66 Å². The summed E-state index contributed by atoms with van der Waals surface area (Å²) in [5.41, 5.74) is 0. The summed E-state index contributed by atoms with van der Waals surface area (Å²) in [4.78, 5) is 0. The molecule has 0 aromatic heterocycles. The Bertz CT molecular complexity index is 125. The van der Waals surface area contributed by atoms with Crippen LogP contribution in [-0.4, -0.2) is 43.3 Å². The van der Waals surface area contributed by atoms with Gasteiger partial charge in [-0.05, 0) is 0 Å². The van der Waals surface area contributed by atoms with E-state index in [0.717, 1.165) is 0 Å². The molecule has 0 saturated heterocycles. The molecule has 11 heavy (non-hydrogen) atoms. The van der Waals surface area contributed by atoms with Crippen molar-refractivity contribution in [1.82, 2.24) is 0 Å². The van der Waals surface area contributed by atoms with Crippen molar-refractivity contribution >= 4 is 7.60 Å². The third-order valence-electron chi connectivity index (χ3n) is 0.834. The molecule has 0 amide bonds. The van der Waals surface area contributed by atoms with Crippen LogP contribution in [0.1, 0.15) is 0 Å². The minimum Gasteiger partial charge on any atom is -0.394 e. The summed E-state index contributed by atoms with van der Waals surface area (Å²) in [6.45, 7) is 0.872. The van der Waals surface area contributed by atoms with Gasteiger partial charge in [0.05, 0.1) is 26.4 Å². The monoisotopic (exact) mass is 184 g/mol. The van der Waals surface area contributed by atoms with Crippen molar-refractivity contribution in [1.29, 1.82) is 0 Å². The first-order valence-corrected chi connectivity index (χ1v) is 5.19. The molecule has 0 aliphatic carbocycles. The Labute approximate surface area is 65.5 Å². The molecule has 6 heteroatoms. The van der Waals surface area contributed by atoms with E-state index in [0.29, 0.717) is 0 Å². The largest absolute Gasteiger partial charge is 0.394 e. The summed E-state index contributed by atoms with van der Waals surface area (Å²) in [5, 5.41) is 16.6. The summed E-state index contributed by atoms with van der Waals surface area (Å²) < 4.78 is 20.4. The molecule has 0 atom stereocenters. The topological polar surface area (TPSA) is 76.0 Å². The highest BCUT2D eigenvalue weighted by molar-refractivity contribution is 7.52. The number of aliphatic hydroxyl groups excluding tert-OH is 2. The lowest BCUT2D eigenvalue weighted by atomic mass is 10.8. The number of hydrogen-bond acceptors (Lipinski definition) is 5. The molecule has 0 fully saturated rings. The van der Waals surface area contributed by atoms with E-state index in [9.17, 15) is 4.57 Å². The molecule has 2 N–H and O–H groups in total. The van der Waals surface area contributed by atoms with E-state index in [2.05, 4.69) is 9.05 Å². The van der Waals surface area contributed by atoms with Gasteiger partial charge in [-0.15, -0.1) is 0 Å². The molecule has 0 spiro atoms. The first-order chi connectivity index (χ1) is 5.12. The lowest BCUT2D eigenvalue weighted by molar-refractivity contribution is 0.143. The Morgan fingerprint density at radius 2 is 1.55 bits per heavy atom. The quantitative estimate of drug-likeness (QED) is 0.560. The first kappa shape index (κ1) is 11.1. The van der Waals surface area contributed by atoms with Crippen LogP contribution in [0.15, 0.2) is 0 Å². The van der Waals surface area contributed by atoms with Crippen LogP contribution < -0.4 is 0 Å². The zero-order valence-electron chi connectivity index (χ0n) is 6.39. The van der Waals surface area contributed by atoms with Gasteiger partial charge in [0.2, 0.25) is 0 Å². The number of aliphatic hydroxyl groups is 2.